The van der Waals surface area contributed by atoms with Gasteiger partial charge < -0.3 is 38.7 Å². The molecule has 4 N–H and O–H groups in total. The highest BCUT2D eigenvalue weighted by Crippen LogP contribution is 2.41. The minimum Gasteiger partial charge on any atom is -0.490 e. The zero-order chi connectivity index (χ0) is 22.6. The van der Waals surface area contributed by atoms with Crippen LogP contribution in [0.2, 0.25) is 0 Å². The Morgan fingerprint density at radius 1 is 1.32 bits per heavy atom. The molecule has 31 heavy (non-hydrogen) atoms. The number of rotatable bonds is 10. The number of ether oxygens (including phenoxy) is 4. The number of nitrogens with two attached hydrogens (primary N) is 1. The molecule has 0 aromatic carbocycles. The molecule has 0 bridgehead atoms. The minimum absolute atomic E-state index is 0.0130. The summed E-state index contributed by atoms with van der Waals surface area (Å²) in [5, 5.41) is 0. The SMILES string of the molecule is COC1=C(OC)/C(=C/COP(=O)(O)COCCn2cnc3c(=O)[nH]c(N)nc32)OC1=O. The van der Waals surface area contributed by atoms with E-state index in [1.165, 1.54) is 31.2 Å². The lowest BCUT2D eigenvalue weighted by atomic mass is 10.3. The lowest BCUT2D eigenvalue weighted by Crippen LogP contribution is -2.13. The van der Waals surface area contributed by atoms with Crippen LogP contribution in [0.15, 0.2) is 34.5 Å². The number of fused-ring (bicyclic) bond motifs is 1. The summed E-state index contributed by atoms with van der Waals surface area (Å²) in [6, 6.07) is 0. The number of hydrogen-bond acceptors (Lipinski definition) is 11. The number of nitrogens with zero attached hydrogens (tertiary/aromatic N) is 3. The molecule has 0 spiro atoms. The predicted molar refractivity (Wildman–Crippen MR) is 104 cm³/mol. The van der Waals surface area contributed by atoms with Crippen LogP contribution in [0.5, 0.6) is 0 Å². The molecule has 0 saturated carbocycles. The Bertz CT molecular complexity index is 1150. The van der Waals surface area contributed by atoms with Gasteiger partial charge in [0.2, 0.25) is 11.7 Å². The number of nitrogen functional groups attached to an aromatic ring is 1. The first-order chi connectivity index (χ1) is 14.8. The van der Waals surface area contributed by atoms with E-state index in [2.05, 4.69) is 15.0 Å². The smallest absolute Gasteiger partial charge is 0.383 e. The summed E-state index contributed by atoms with van der Waals surface area (Å²) < 4.78 is 38.6. The molecule has 168 valence electrons. The molecule has 0 fully saturated rings. The molecule has 0 aliphatic carbocycles. The van der Waals surface area contributed by atoms with Crippen molar-refractivity contribution in [3.63, 3.8) is 0 Å². The van der Waals surface area contributed by atoms with E-state index < -0.39 is 25.5 Å². The van der Waals surface area contributed by atoms with E-state index in [-0.39, 0.29) is 54.1 Å². The quantitative estimate of drug-likeness (QED) is 0.243. The highest BCUT2D eigenvalue weighted by atomic mass is 31.2. The van der Waals surface area contributed by atoms with Crippen molar-refractivity contribution in [1.82, 2.24) is 19.5 Å². The molecule has 15 heteroatoms. The molecule has 0 radical (unpaired) electrons. The van der Waals surface area contributed by atoms with Crippen molar-refractivity contribution in [2.45, 2.75) is 6.54 Å². The van der Waals surface area contributed by atoms with Gasteiger partial charge in [-0.1, -0.05) is 0 Å². The van der Waals surface area contributed by atoms with Crippen molar-refractivity contribution in [3.8, 4) is 0 Å². The number of cyclic esters (lactones) is 1. The normalized spacial score (nSPS) is 17.3. The Morgan fingerprint density at radius 2 is 2.06 bits per heavy atom. The number of aromatic amines is 1. The maximum Gasteiger partial charge on any atom is 0.383 e. The number of carbonyl (C=O) groups excluding carboxylic acids is 1. The number of hydrogen-bond donors (Lipinski definition) is 3. The summed E-state index contributed by atoms with van der Waals surface area (Å²) in [7, 11) is -1.50. The fraction of sp³-hybridized carbons (Fsp3) is 0.375. The maximum absolute atomic E-state index is 12.1. The molecular weight excluding hydrogens is 437 g/mol. The Kier molecular flexibility index (Phi) is 6.75. The van der Waals surface area contributed by atoms with E-state index in [0.717, 1.165) is 0 Å². The van der Waals surface area contributed by atoms with Gasteiger partial charge in [-0.05, 0) is 6.08 Å². The van der Waals surface area contributed by atoms with Crippen LogP contribution in [-0.2, 0) is 39.4 Å². The van der Waals surface area contributed by atoms with Crippen LogP contribution >= 0.6 is 7.60 Å². The van der Waals surface area contributed by atoms with Gasteiger partial charge in [-0.2, -0.15) is 4.98 Å². The zero-order valence-corrected chi connectivity index (χ0v) is 17.5. The Labute approximate surface area is 174 Å². The topological polar surface area (TPSA) is 190 Å². The molecule has 0 amide bonds. The van der Waals surface area contributed by atoms with Gasteiger partial charge in [0.25, 0.3) is 11.3 Å². The van der Waals surface area contributed by atoms with Gasteiger partial charge >= 0.3 is 13.6 Å². The molecule has 2 aromatic rings. The Morgan fingerprint density at radius 3 is 2.77 bits per heavy atom. The lowest BCUT2D eigenvalue weighted by molar-refractivity contribution is -0.136. The molecule has 2 aromatic heterocycles. The van der Waals surface area contributed by atoms with E-state index in [4.69, 9.17) is 29.2 Å². The molecule has 1 atom stereocenters. The van der Waals surface area contributed by atoms with Crippen molar-refractivity contribution >= 4 is 30.7 Å². The summed E-state index contributed by atoms with van der Waals surface area (Å²) in [6.07, 6.45) is 2.06. The maximum atomic E-state index is 12.1. The van der Waals surface area contributed by atoms with Crippen molar-refractivity contribution in [2.24, 2.45) is 0 Å². The number of imidazole rings is 1. The third-order valence-corrected chi connectivity index (χ3v) is 5.06. The number of H-pyrrole nitrogens is 1. The van der Waals surface area contributed by atoms with E-state index in [0.29, 0.717) is 0 Å². The highest BCUT2D eigenvalue weighted by Gasteiger charge is 2.32. The second-order valence-electron chi connectivity index (χ2n) is 6.06. The molecule has 3 rings (SSSR count). The number of aromatic nitrogens is 4. The summed E-state index contributed by atoms with van der Waals surface area (Å²) in [4.78, 5) is 43.5. The first kappa shape index (κ1) is 22.5. The standard InChI is InChI=1S/C16H20N5O9P/c1-26-11-9(30-15(23)12(11)27-2)3-5-29-31(24,25)8-28-6-4-21-7-18-10-13(21)19-16(17)20-14(10)22/h3,7H,4-6,8H2,1-2H3,(H,24,25)(H3,17,19,20,22)/b9-3-. The second-order valence-corrected chi connectivity index (χ2v) is 7.85. The number of nitrogens with one attached hydrogen (secondary N) is 1. The van der Waals surface area contributed by atoms with E-state index >= 15 is 0 Å². The summed E-state index contributed by atoms with van der Waals surface area (Å²) in [5.74, 6) is -0.847. The number of esters is 1. The van der Waals surface area contributed by atoms with Gasteiger partial charge in [-0.15, -0.1) is 0 Å². The fourth-order valence-electron chi connectivity index (χ4n) is 2.64. The molecule has 0 saturated heterocycles. The van der Waals surface area contributed by atoms with Crippen molar-refractivity contribution < 1.29 is 37.7 Å². The largest absolute Gasteiger partial charge is 0.490 e. The van der Waals surface area contributed by atoms with E-state index in [9.17, 15) is 19.0 Å². The molecule has 1 unspecified atom stereocenters. The summed E-state index contributed by atoms with van der Waals surface area (Å²) in [6.45, 7) is -0.129. The first-order valence-electron chi connectivity index (χ1n) is 8.75. The van der Waals surface area contributed by atoms with Gasteiger partial charge in [-0.25, -0.2) is 9.78 Å². The molecule has 1 aliphatic rings. The van der Waals surface area contributed by atoms with Gasteiger partial charge in [0, 0.05) is 6.54 Å². The number of anilines is 1. The highest BCUT2D eigenvalue weighted by molar-refractivity contribution is 7.52. The molecular formula is C16H20N5O9P. The Balaban J connectivity index is 1.50. The van der Waals surface area contributed by atoms with Crippen LogP contribution in [-0.4, -0.2) is 64.2 Å². The van der Waals surface area contributed by atoms with Crippen molar-refractivity contribution in [3.05, 3.63) is 40.0 Å². The van der Waals surface area contributed by atoms with Crippen molar-refractivity contribution in [1.29, 1.82) is 0 Å². The van der Waals surface area contributed by atoms with Crippen LogP contribution in [0.1, 0.15) is 0 Å². The lowest BCUT2D eigenvalue weighted by Gasteiger charge is -2.12. The average Bonchev–Trinajstić information content (AvgIpc) is 3.25. The second kappa shape index (κ2) is 9.31. The van der Waals surface area contributed by atoms with Gasteiger partial charge in [0.05, 0.1) is 33.8 Å². The fourth-order valence-corrected chi connectivity index (χ4v) is 3.39. The minimum atomic E-state index is -4.10. The van der Waals surface area contributed by atoms with E-state index in [1.54, 1.807) is 0 Å². The third kappa shape index (κ3) is 5.11. The van der Waals surface area contributed by atoms with Gasteiger partial charge in [0.15, 0.2) is 16.9 Å². The summed E-state index contributed by atoms with van der Waals surface area (Å²) in [5.41, 5.74) is 5.44. The zero-order valence-electron chi connectivity index (χ0n) is 16.6. The van der Waals surface area contributed by atoms with Gasteiger partial charge in [0.1, 0.15) is 6.35 Å². The monoisotopic (exact) mass is 457 g/mol. The van der Waals surface area contributed by atoms with Crippen LogP contribution < -0.4 is 11.3 Å². The third-order valence-electron chi connectivity index (χ3n) is 4.00. The molecule has 1 aliphatic heterocycles. The number of methoxy groups -OCH3 is 2. The van der Waals surface area contributed by atoms with Crippen LogP contribution in [0, 0.1) is 0 Å². The average molecular weight is 457 g/mol. The number of carbonyl (C=O) groups is 1. The Hall–Kier alpha value is -3.19. The van der Waals surface area contributed by atoms with Crippen LogP contribution in [0.4, 0.5) is 5.95 Å². The van der Waals surface area contributed by atoms with Crippen molar-refractivity contribution in [2.75, 3.05) is 39.5 Å². The first-order valence-corrected chi connectivity index (χ1v) is 10.5. The van der Waals surface area contributed by atoms with Gasteiger partial charge in [-0.3, -0.25) is 14.3 Å². The molecule has 14 nitrogen and oxygen atoms in total. The van der Waals surface area contributed by atoms with Crippen LogP contribution in [0.3, 0.4) is 0 Å². The summed E-state index contributed by atoms with van der Waals surface area (Å²) >= 11 is 0. The van der Waals surface area contributed by atoms with Crippen LogP contribution in [0.25, 0.3) is 11.2 Å². The predicted octanol–water partition coefficient (Wildman–Crippen LogP) is -0.177. The molecule has 3 heterocycles. The van der Waals surface area contributed by atoms with E-state index in [1.807, 2.05) is 0 Å².